The highest BCUT2D eigenvalue weighted by atomic mass is 32.1. The second-order valence-corrected chi connectivity index (χ2v) is 9.09. The number of carbonyl (C=O) groups is 3. The second kappa shape index (κ2) is 10.6. The molecule has 3 amide bonds. The van der Waals surface area contributed by atoms with Crippen LogP contribution in [0, 0.1) is 11.7 Å². The Morgan fingerprint density at radius 3 is 2.56 bits per heavy atom. The molecule has 0 aliphatic carbocycles. The van der Waals surface area contributed by atoms with Crippen LogP contribution >= 0.6 is 11.3 Å². The van der Waals surface area contributed by atoms with Gasteiger partial charge in [-0.15, -0.1) is 11.3 Å². The average molecular weight is 481 g/mol. The van der Waals surface area contributed by atoms with E-state index in [1.54, 1.807) is 4.90 Å². The number of anilines is 1. The highest BCUT2D eigenvalue weighted by Gasteiger charge is 2.29. The van der Waals surface area contributed by atoms with Crippen molar-refractivity contribution in [3.8, 4) is 11.3 Å². The van der Waals surface area contributed by atoms with Crippen LogP contribution in [0.15, 0.2) is 53.9 Å². The van der Waals surface area contributed by atoms with Crippen molar-refractivity contribution in [1.82, 2.24) is 15.2 Å². The van der Waals surface area contributed by atoms with Crippen molar-refractivity contribution >= 4 is 34.2 Å². The number of benzene rings is 2. The number of hydrogen-bond donors (Lipinski definition) is 2. The SMILES string of the molecule is CC(=O)NCc1ccc(-c2csc(NC(=O)C3CCCN(C(=O)c4ccc(F)cc4)C3)n2)cc1. The number of piperidine rings is 1. The minimum Gasteiger partial charge on any atom is -0.352 e. The van der Waals surface area contributed by atoms with Gasteiger partial charge in [0.2, 0.25) is 11.8 Å². The maximum absolute atomic E-state index is 13.2. The molecule has 1 aliphatic heterocycles. The van der Waals surface area contributed by atoms with E-state index in [4.69, 9.17) is 0 Å². The van der Waals surface area contributed by atoms with Crippen molar-refractivity contribution in [2.75, 3.05) is 18.4 Å². The van der Waals surface area contributed by atoms with Gasteiger partial charge in [0.15, 0.2) is 5.13 Å². The number of amides is 3. The first kappa shape index (κ1) is 23.6. The number of thiazole rings is 1. The molecule has 2 heterocycles. The van der Waals surface area contributed by atoms with E-state index in [2.05, 4.69) is 15.6 Å². The number of likely N-dealkylation sites (tertiary alicyclic amines) is 1. The van der Waals surface area contributed by atoms with Crippen molar-refractivity contribution in [2.45, 2.75) is 26.3 Å². The average Bonchev–Trinajstić information content (AvgIpc) is 3.31. The van der Waals surface area contributed by atoms with Crippen molar-refractivity contribution in [3.05, 3.63) is 70.9 Å². The quantitative estimate of drug-likeness (QED) is 0.556. The van der Waals surface area contributed by atoms with E-state index in [1.807, 2.05) is 29.6 Å². The predicted molar refractivity (Wildman–Crippen MR) is 129 cm³/mol. The first-order chi connectivity index (χ1) is 16.4. The Labute approximate surface area is 201 Å². The number of aromatic nitrogens is 1. The summed E-state index contributed by atoms with van der Waals surface area (Å²) < 4.78 is 13.2. The molecule has 1 fully saturated rings. The Morgan fingerprint density at radius 1 is 1.12 bits per heavy atom. The fourth-order valence-corrected chi connectivity index (χ4v) is 4.56. The van der Waals surface area contributed by atoms with Crippen LogP contribution in [-0.4, -0.2) is 40.7 Å². The Hall–Kier alpha value is -3.59. The summed E-state index contributed by atoms with van der Waals surface area (Å²) >= 11 is 1.34. The third-order valence-corrected chi connectivity index (χ3v) is 6.45. The van der Waals surface area contributed by atoms with Crippen LogP contribution < -0.4 is 10.6 Å². The van der Waals surface area contributed by atoms with Crippen LogP contribution in [0.25, 0.3) is 11.3 Å². The molecule has 1 atom stereocenters. The number of rotatable bonds is 6. The topological polar surface area (TPSA) is 91.4 Å². The summed E-state index contributed by atoms with van der Waals surface area (Å²) in [5.74, 6) is -1.17. The van der Waals surface area contributed by atoms with E-state index in [-0.39, 0.29) is 23.6 Å². The lowest BCUT2D eigenvalue weighted by molar-refractivity contribution is -0.121. The minimum absolute atomic E-state index is 0.0788. The molecule has 2 aromatic carbocycles. The first-order valence-electron chi connectivity index (χ1n) is 11.0. The van der Waals surface area contributed by atoms with Gasteiger partial charge in [-0.3, -0.25) is 14.4 Å². The fraction of sp³-hybridized carbons (Fsp3) is 0.280. The van der Waals surface area contributed by atoms with Crippen molar-refractivity contribution < 1.29 is 18.8 Å². The van der Waals surface area contributed by atoms with Gasteiger partial charge in [0, 0.05) is 43.1 Å². The predicted octanol–water partition coefficient (Wildman–Crippen LogP) is 4.08. The lowest BCUT2D eigenvalue weighted by Gasteiger charge is -2.32. The Balaban J connectivity index is 1.35. The zero-order valence-corrected chi connectivity index (χ0v) is 19.5. The van der Waals surface area contributed by atoms with Gasteiger partial charge >= 0.3 is 0 Å². The third-order valence-electron chi connectivity index (χ3n) is 5.70. The van der Waals surface area contributed by atoms with Gasteiger partial charge in [-0.2, -0.15) is 0 Å². The van der Waals surface area contributed by atoms with Crippen LogP contribution in [-0.2, 0) is 16.1 Å². The van der Waals surface area contributed by atoms with Crippen molar-refractivity contribution in [2.24, 2.45) is 5.92 Å². The molecule has 0 saturated carbocycles. The van der Waals surface area contributed by atoms with E-state index in [0.717, 1.165) is 23.2 Å². The molecule has 0 bridgehead atoms. The molecule has 2 N–H and O–H groups in total. The van der Waals surface area contributed by atoms with Gasteiger partial charge in [0.1, 0.15) is 5.82 Å². The molecule has 4 rings (SSSR count). The maximum atomic E-state index is 13.2. The van der Waals surface area contributed by atoms with E-state index in [9.17, 15) is 18.8 Å². The number of halogens is 1. The summed E-state index contributed by atoms with van der Waals surface area (Å²) in [6, 6.07) is 13.2. The number of nitrogens with zero attached hydrogens (tertiary/aromatic N) is 2. The van der Waals surface area contributed by atoms with Gasteiger partial charge in [-0.1, -0.05) is 24.3 Å². The second-order valence-electron chi connectivity index (χ2n) is 8.23. The summed E-state index contributed by atoms with van der Waals surface area (Å²) in [5.41, 5.74) is 3.06. The highest BCUT2D eigenvalue weighted by molar-refractivity contribution is 7.14. The first-order valence-corrected chi connectivity index (χ1v) is 11.9. The number of hydrogen-bond acceptors (Lipinski definition) is 5. The molecule has 3 aromatic rings. The number of carbonyl (C=O) groups excluding carboxylic acids is 3. The number of nitrogens with one attached hydrogen (secondary N) is 2. The molecule has 1 aliphatic rings. The summed E-state index contributed by atoms with van der Waals surface area (Å²) in [5, 5.41) is 8.03. The van der Waals surface area contributed by atoms with Crippen LogP contribution in [0.3, 0.4) is 0 Å². The van der Waals surface area contributed by atoms with E-state index in [1.165, 1.54) is 42.5 Å². The zero-order valence-electron chi connectivity index (χ0n) is 18.7. The lowest BCUT2D eigenvalue weighted by Crippen LogP contribution is -2.43. The Morgan fingerprint density at radius 2 is 1.85 bits per heavy atom. The highest BCUT2D eigenvalue weighted by Crippen LogP contribution is 2.27. The molecule has 1 unspecified atom stereocenters. The summed E-state index contributed by atoms with van der Waals surface area (Å²) in [7, 11) is 0. The fourth-order valence-electron chi connectivity index (χ4n) is 3.84. The van der Waals surface area contributed by atoms with Gasteiger partial charge < -0.3 is 15.5 Å². The van der Waals surface area contributed by atoms with Gasteiger partial charge in [0.25, 0.3) is 5.91 Å². The Bertz CT molecular complexity index is 1180. The molecule has 1 aromatic heterocycles. The molecule has 34 heavy (non-hydrogen) atoms. The van der Waals surface area contributed by atoms with E-state index in [0.29, 0.717) is 36.8 Å². The summed E-state index contributed by atoms with van der Waals surface area (Å²) in [6.45, 7) is 2.83. The maximum Gasteiger partial charge on any atom is 0.253 e. The van der Waals surface area contributed by atoms with Crippen LogP contribution in [0.4, 0.5) is 9.52 Å². The molecule has 176 valence electrons. The smallest absolute Gasteiger partial charge is 0.253 e. The molecule has 0 spiro atoms. The monoisotopic (exact) mass is 480 g/mol. The molecule has 9 heteroatoms. The van der Waals surface area contributed by atoms with Crippen LogP contribution in [0.2, 0.25) is 0 Å². The van der Waals surface area contributed by atoms with Crippen molar-refractivity contribution in [1.29, 1.82) is 0 Å². The van der Waals surface area contributed by atoms with Crippen molar-refractivity contribution in [3.63, 3.8) is 0 Å². The van der Waals surface area contributed by atoms with Gasteiger partial charge in [-0.25, -0.2) is 9.37 Å². The van der Waals surface area contributed by atoms with E-state index < -0.39 is 5.82 Å². The van der Waals surface area contributed by atoms with E-state index >= 15 is 0 Å². The summed E-state index contributed by atoms with van der Waals surface area (Å²) in [4.78, 5) is 42.8. The third kappa shape index (κ3) is 5.85. The molecule has 1 saturated heterocycles. The molecule has 0 radical (unpaired) electrons. The Kier molecular flexibility index (Phi) is 7.32. The zero-order chi connectivity index (χ0) is 24.1. The normalized spacial score (nSPS) is 15.6. The molecule has 7 nitrogen and oxygen atoms in total. The standard InChI is InChI=1S/C25H25FN4O3S/c1-16(31)27-13-17-4-6-18(7-5-17)22-15-34-25(28-22)29-23(32)20-3-2-12-30(14-20)24(33)19-8-10-21(26)11-9-19/h4-11,15,20H,2-3,12-14H2,1H3,(H,27,31)(H,28,29,32). The minimum atomic E-state index is -0.392. The van der Waals surface area contributed by atoms with Crippen LogP contribution in [0.5, 0.6) is 0 Å². The largest absolute Gasteiger partial charge is 0.352 e. The van der Waals surface area contributed by atoms with Gasteiger partial charge in [-0.05, 0) is 42.7 Å². The lowest BCUT2D eigenvalue weighted by atomic mass is 9.96. The molecular formula is C25H25FN4O3S. The van der Waals surface area contributed by atoms with Crippen LogP contribution in [0.1, 0.15) is 35.7 Å². The summed E-state index contributed by atoms with van der Waals surface area (Å²) in [6.07, 6.45) is 1.41. The van der Waals surface area contributed by atoms with Gasteiger partial charge in [0.05, 0.1) is 11.6 Å². The molecular weight excluding hydrogens is 455 g/mol.